The molecule has 0 unspecified atom stereocenters. The van der Waals surface area contributed by atoms with E-state index in [9.17, 15) is 9.90 Å². The number of aliphatic hydroxyl groups is 1. The van der Waals surface area contributed by atoms with E-state index in [2.05, 4.69) is 0 Å². The van der Waals surface area contributed by atoms with Crippen molar-refractivity contribution >= 4 is 17.6 Å². The van der Waals surface area contributed by atoms with E-state index in [1.165, 1.54) is 0 Å². The predicted molar refractivity (Wildman–Crippen MR) is 51.2 cm³/mol. The Morgan fingerprint density at radius 3 is 2.86 bits per heavy atom. The van der Waals surface area contributed by atoms with E-state index < -0.39 is 18.0 Å². The molecule has 0 fully saturated rings. The maximum Gasteiger partial charge on any atom is 0.309 e. The standard InChI is InChI=1S/C10H9ClO3/c11-6-1-2-7-5(3-6)4-8(9(7)12)10(13)14/h1-3,8-9,12H,4H2,(H,13,14)/t8-,9+/m0/s1. The van der Waals surface area contributed by atoms with Crippen LogP contribution in [0.5, 0.6) is 0 Å². The maximum absolute atomic E-state index is 10.8. The van der Waals surface area contributed by atoms with Crippen molar-refractivity contribution in [1.82, 2.24) is 0 Å². The first kappa shape index (κ1) is 9.49. The molecule has 1 aliphatic rings. The summed E-state index contributed by atoms with van der Waals surface area (Å²) in [6, 6.07) is 5.06. The summed E-state index contributed by atoms with van der Waals surface area (Å²) in [5.74, 6) is -1.70. The average Bonchev–Trinajstić information content (AvgIpc) is 2.43. The fraction of sp³-hybridized carbons (Fsp3) is 0.300. The number of aliphatic hydroxyl groups excluding tert-OH is 1. The highest BCUT2D eigenvalue weighted by Gasteiger charge is 2.35. The summed E-state index contributed by atoms with van der Waals surface area (Å²) in [6.07, 6.45) is -0.549. The summed E-state index contributed by atoms with van der Waals surface area (Å²) in [7, 11) is 0. The van der Waals surface area contributed by atoms with E-state index in [0.29, 0.717) is 17.0 Å². The summed E-state index contributed by atoms with van der Waals surface area (Å²) in [5, 5.41) is 19.1. The van der Waals surface area contributed by atoms with Crippen LogP contribution in [0.3, 0.4) is 0 Å². The third kappa shape index (κ3) is 1.38. The Hall–Kier alpha value is -1.06. The second-order valence-corrected chi connectivity index (χ2v) is 3.87. The van der Waals surface area contributed by atoms with Gasteiger partial charge in [0.15, 0.2) is 0 Å². The normalized spacial score (nSPS) is 24.7. The van der Waals surface area contributed by atoms with Crippen molar-refractivity contribution in [3.8, 4) is 0 Å². The minimum Gasteiger partial charge on any atom is -0.481 e. The van der Waals surface area contributed by atoms with Crippen molar-refractivity contribution in [3.63, 3.8) is 0 Å². The van der Waals surface area contributed by atoms with Crippen molar-refractivity contribution in [1.29, 1.82) is 0 Å². The number of hydrogen-bond donors (Lipinski definition) is 2. The van der Waals surface area contributed by atoms with Crippen molar-refractivity contribution in [2.45, 2.75) is 12.5 Å². The van der Waals surface area contributed by atoms with Gasteiger partial charge in [0.05, 0.1) is 12.0 Å². The molecule has 0 heterocycles. The Morgan fingerprint density at radius 2 is 2.21 bits per heavy atom. The number of carboxylic acids is 1. The van der Waals surface area contributed by atoms with Gasteiger partial charge in [-0.15, -0.1) is 0 Å². The molecule has 0 aliphatic heterocycles. The molecule has 0 saturated heterocycles. The van der Waals surface area contributed by atoms with Crippen LogP contribution in [0.1, 0.15) is 17.2 Å². The minimum atomic E-state index is -0.968. The number of benzene rings is 1. The van der Waals surface area contributed by atoms with Crippen molar-refractivity contribution in [3.05, 3.63) is 34.3 Å². The fourth-order valence-corrected chi connectivity index (χ4v) is 2.02. The zero-order valence-corrected chi connectivity index (χ0v) is 8.03. The van der Waals surface area contributed by atoms with Gasteiger partial charge in [0, 0.05) is 5.02 Å². The van der Waals surface area contributed by atoms with Crippen LogP contribution >= 0.6 is 11.6 Å². The molecule has 0 saturated carbocycles. The minimum absolute atomic E-state index is 0.354. The van der Waals surface area contributed by atoms with Crippen LogP contribution in [0.2, 0.25) is 5.02 Å². The quantitative estimate of drug-likeness (QED) is 0.744. The highest BCUT2D eigenvalue weighted by Crippen LogP contribution is 2.37. The van der Waals surface area contributed by atoms with Gasteiger partial charge < -0.3 is 10.2 Å². The first-order chi connectivity index (χ1) is 6.59. The van der Waals surface area contributed by atoms with Crippen molar-refractivity contribution in [2.75, 3.05) is 0 Å². The van der Waals surface area contributed by atoms with Gasteiger partial charge in [-0.25, -0.2) is 0 Å². The van der Waals surface area contributed by atoms with Gasteiger partial charge in [-0.05, 0) is 29.7 Å². The molecule has 2 rings (SSSR count). The summed E-state index contributed by atoms with van der Waals surface area (Å²) < 4.78 is 0. The lowest BCUT2D eigenvalue weighted by molar-refractivity contribution is -0.145. The van der Waals surface area contributed by atoms with E-state index in [1.807, 2.05) is 0 Å². The highest BCUT2D eigenvalue weighted by atomic mass is 35.5. The van der Waals surface area contributed by atoms with Gasteiger partial charge in [-0.1, -0.05) is 17.7 Å². The Morgan fingerprint density at radius 1 is 1.50 bits per heavy atom. The van der Waals surface area contributed by atoms with Crippen LogP contribution in [0, 0.1) is 5.92 Å². The number of rotatable bonds is 1. The van der Waals surface area contributed by atoms with E-state index >= 15 is 0 Å². The molecular weight excluding hydrogens is 204 g/mol. The molecule has 2 N–H and O–H groups in total. The predicted octanol–water partition coefficient (Wildman–Crippen LogP) is 1.63. The van der Waals surface area contributed by atoms with E-state index in [0.717, 1.165) is 5.56 Å². The number of halogens is 1. The summed E-state index contributed by atoms with van der Waals surface area (Å²) in [6.45, 7) is 0. The molecule has 4 heteroatoms. The Balaban J connectivity index is 2.40. The van der Waals surface area contributed by atoms with Crippen molar-refractivity contribution < 1.29 is 15.0 Å². The molecule has 14 heavy (non-hydrogen) atoms. The van der Waals surface area contributed by atoms with Crippen LogP contribution in [0.25, 0.3) is 0 Å². The number of hydrogen-bond acceptors (Lipinski definition) is 2. The van der Waals surface area contributed by atoms with Gasteiger partial charge >= 0.3 is 5.97 Å². The topological polar surface area (TPSA) is 57.5 Å². The highest BCUT2D eigenvalue weighted by molar-refractivity contribution is 6.30. The largest absolute Gasteiger partial charge is 0.481 e. The van der Waals surface area contributed by atoms with E-state index in [4.69, 9.17) is 16.7 Å². The van der Waals surface area contributed by atoms with Crippen LogP contribution in [0.15, 0.2) is 18.2 Å². The number of carboxylic acid groups (broad SMARTS) is 1. The van der Waals surface area contributed by atoms with Gasteiger partial charge in [-0.2, -0.15) is 0 Å². The second kappa shape index (κ2) is 3.26. The average molecular weight is 213 g/mol. The number of carbonyl (C=O) groups is 1. The molecule has 0 amide bonds. The Kier molecular flexibility index (Phi) is 2.21. The van der Waals surface area contributed by atoms with Gasteiger partial charge in [0.25, 0.3) is 0 Å². The van der Waals surface area contributed by atoms with Crippen molar-refractivity contribution in [2.24, 2.45) is 5.92 Å². The molecule has 3 nitrogen and oxygen atoms in total. The lowest BCUT2D eigenvalue weighted by atomic mass is 10.0. The smallest absolute Gasteiger partial charge is 0.309 e. The molecule has 2 atom stereocenters. The first-order valence-electron chi connectivity index (χ1n) is 4.29. The molecule has 74 valence electrons. The lowest BCUT2D eigenvalue weighted by Crippen LogP contribution is -2.17. The van der Waals surface area contributed by atoms with E-state index in [-0.39, 0.29) is 0 Å². The monoisotopic (exact) mass is 212 g/mol. The third-order valence-electron chi connectivity index (χ3n) is 2.56. The SMILES string of the molecule is O=C(O)[C@H]1Cc2cc(Cl)ccc2[C@H]1O. The Labute approximate surface area is 85.9 Å². The Bertz CT molecular complexity index is 389. The number of fused-ring (bicyclic) bond motifs is 1. The molecule has 0 spiro atoms. The molecule has 0 bridgehead atoms. The maximum atomic E-state index is 10.8. The van der Waals surface area contributed by atoms with Crippen LogP contribution in [0.4, 0.5) is 0 Å². The van der Waals surface area contributed by atoms with E-state index in [1.54, 1.807) is 18.2 Å². The zero-order valence-electron chi connectivity index (χ0n) is 7.27. The van der Waals surface area contributed by atoms with Gasteiger partial charge in [-0.3, -0.25) is 4.79 Å². The van der Waals surface area contributed by atoms with Crippen LogP contribution < -0.4 is 0 Å². The fourth-order valence-electron chi connectivity index (χ4n) is 1.83. The molecular formula is C10H9ClO3. The van der Waals surface area contributed by atoms with Crippen LogP contribution in [-0.4, -0.2) is 16.2 Å². The third-order valence-corrected chi connectivity index (χ3v) is 2.80. The summed E-state index contributed by atoms with van der Waals surface area (Å²) >= 11 is 5.77. The second-order valence-electron chi connectivity index (χ2n) is 3.44. The molecule has 0 aromatic heterocycles. The zero-order chi connectivity index (χ0) is 10.3. The molecule has 0 radical (unpaired) electrons. The van der Waals surface area contributed by atoms with Crippen LogP contribution in [-0.2, 0) is 11.2 Å². The molecule has 1 aliphatic carbocycles. The summed E-state index contributed by atoms with van der Waals surface area (Å²) in [5.41, 5.74) is 1.51. The molecule has 1 aromatic rings. The lowest BCUT2D eigenvalue weighted by Gasteiger charge is -2.08. The van der Waals surface area contributed by atoms with Gasteiger partial charge in [0.1, 0.15) is 0 Å². The summed E-state index contributed by atoms with van der Waals surface area (Å²) in [4.78, 5) is 10.8. The first-order valence-corrected chi connectivity index (χ1v) is 4.66. The molecule has 1 aromatic carbocycles. The van der Waals surface area contributed by atoms with Gasteiger partial charge in [0.2, 0.25) is 0 Å². The number of aliphatic carboxylic acids is 1.